The molecule has 5 aliphatic rings. The van der Waals surface area contributed by atoms with Gasteiger partial charge in [0, 0.05) is 11.9 Å². The molecule has 5 aliphatic carbocycles. The largest absolute Gasteiger partial charge is 0.481 e. The van der Waals surface area contributed by atoms with Crippen LogP contribution in [0.5, 0.6) is 0 Å². The zero-order valence-electron chi connectivity index (χ0n) is 24.0. The van der Waals surface area contributed by atoms with E-state index in [0.717, 1.165) is 44.2 Å². The molecule has 0 spiro atoms. The minimum atomic E-state index is -1.08. The molecule has 0 radical (unpaired) electrons. The summed E-state index contributed by atoms with van der Waals surface area (Å²) in [6.45, 7) is 10.2. The molecule has 6 rings (SSSR count). The Labute approximate surface area is 232 Å². The first-order valence-corrected chi connectivity index (χ1v) is 16.6. The van der Waals surface area contributed by atoms with Crippen molar-refractivity contribution in [2.45, 2.75) is 91.9 Å². The molecule has 9 atom stereocenters. The smallest absolute Gasteiger partial charge is 0.309 e. The van der Waals surface area contributed by atoms with Crippen LogP contribution in [0.2, 0.25) is 0 Å². The Morgan fingerprint density at radius 1 is 0.947 bits per heavy atom. The molecule has 4 nitrogen and oxygen atoms in total. The van der Waals surface area contributed by atoms with Gasteiger partial charge >= 0.3 is 5.97 Å². The molecule has 0 aromatic heterocycles. The van der Waals surface area contributed by atoms with Gasteiger partial charge in [-0.15, -0.1) is 0 Å². The molecule has 0 saturated heterocycles. The fourth-order valence-corrected chi connectivity index (χ4v) is 12.1. The monoisotopic (exact) mass is 537 g/mol. The van der Waals surface area contributed by atoms with E-state index in [0.29, 0.717) is 35.0 Å². The van der Waals surface area contributed by atoms with Gasteiger partial charge in [-0.2, -0.15) is 0 Å². The van der Waals surface area contributed by atoms with Crippen molar-refractivity contribution in [3.63, 3.8) is 0 Å². The molecule has 4 fully saturated rings. The van der Waals surface area contributed by atoms with Crippen LogP contribution in [0.15, 0.2) is 30.3 Å². The molecule has 1 aromatic carbocycles. The Balaban J connectivity index is 1.32. The Hall–Kier alpha value is -1.62. The normalized spacial score (nSPS) is 44.0. The third-order valence-electron chi connectivity index (χ3n) is 13.0. The van der Waals surface area contributed by atoms with Gasteiger partial charge in [0.1, 0.15) is 11.0 Å². The molecule has 5 heteroatoms. The van der Waals surface area contributed by atoms with Crippen LogP contribution in [-0.4, -0.2) is 21.5 Å². The van der Waals surface area contributed by atoms with Crippen LogP contribution in [0.1, 0.15) is 97.5 Å². The van der Waals surface area contributed by atoms with E-state index in [2.05, 4.69) is 56.7 Å². The predicted molar refractivity (Wildman–Crippen MR) is 156 cm³/mol. The quantitative estimate of drug-likeness (QED) is 0.410. The van der Waals surface area contributed by atoms with Gasteiger partial charge in [-0.3, -0.25) is 4.79 Å². The van der Waals surface area contributed by atoms with Crippen molar-refractivity contribution in [2.24, 2.45) is 51.2 Å². The van der Waals surface area contributed by atoms with Crippen LogP contribution in [-0.2, 0) is 15.8 Å². The number of carbonyl (C=O) groups is 1. The molecule has 0 heterocycles. The fraction of sp³-hybridized carbons (Fsp3) is 0.727. The van der Waals surface area contributed by atoms with E-state index in [9.17, 15) is 14.1 Å². The number of aliphatic carboxylic acids is 1. The van der Waals surface area contributed by atoms with Crippen LogP contribution in [0.4, 0.5) is 5.69 Å². The van der Waals surface area contributed by atoms with Crippen molar-refractivity contribution in [1.82, 2.24) is 0 Å². The standard InChI is InChI=1S/C33H47NO3S/c1-30(2)24(21-8-6-9-22(20-21)34-38(5)37)13-17-32(4)27(30)15-18-31(3)25-14-19-33(29(35)36)16-7-10-26(33)23(25)11-12-28(31)32/h6,8-9,13,20,23,25-28,34H,7,10-12,14-19H2,1-5H3,(H,35,36). The lowest BCUT2D eigenvalue weighted by atomic mass is 9.36. The Morgan fingerprint density at radius 2 is 1.74 bits per heavy atom. The van der Waals surface area contributed by atoms with Gasteiger partial charge in [-0.05, 0) is 127 Å². The van der Waals surface area contributed by atoms with Crippen molar-refractivity contribution >= 4 is 28.2 Å². The van der Waals surface area contributed by atoms with Crippen molar-refractivity contribution in [3.8, 4) is 0 Å². The number of hydrogen-bond donors (Lipinski definition) is 2. The van der Waals surface area contributed by atoms with E-state index in [1.807, 2.05) is 6.07 Å². The lowest BCUT2D eigenvalue weighted by Gasteiger charge is -2.68. The maximum atomic E-state index is 12.5. The average molecular weight is 538 g/mol. The summed E-state index contributed by atoms with van der Waals surface area (Å²) < 4.78 is 14.9. The Morgan fingerprint density at radius 3 is 2.47 bits per heavy atom. The van der Waals surface area contributed by atoms with Crippen LogP contribution in [0.25, 0.3) is 5.57 Å². The molecular formula is C33H47NO3S. The van der Waals surface area contributed by atoms with E-state index < -0.39 is 22.4 Å². The highest BCUT2D eigenvalue weighted by Crippen LogP contribution is 2.73. The number of carboxylic acids is 1. The van der Waals surface area contributed by atoms with Crippen molar-refractivity contribution in [3.05, 3.63) is 35.9 Å². The number of benzene rings is 1. The summed E-state index contributed by atoms with van der Waals surface area (Å²) in [4.78, 5) is 12.5. The second-order valence-corrected chi connectivity index (χ2v) is 15.8. The highest BCUT2D eigenvalue weighted by molar-refractivity contribution is 7.85. The molecule has 1 aromatic rings. The minimum Gasteiger partial charge on any atom is -0.481 e. The fourth-order valence-electron chi connectivity index (χ4n) is 11.6. The summed E-state index contributed by atoms with van der Waals surface area (Å²) >= 11 is 0. The second kappa shape index (κ2) is 8.94. The Kier molecular flexibility index (Phi) is 6.26. The third-order valence-corrected chi connectivity index (χ3v) is 13.5. The van der Waals surface area contributed by atoms with Crippen LogP contribution < -0.4 is 4.72 Å². The van der Waals surface area contributed by atoms with Gasteiger partial charge in [0.25, 0.3) is 0 Å². The van der Waals surface area contributed by atoms with E-state index in [-0.39, 0.29) is 10.8 Å². The summed E-state index contributed by atoms with van der Waals surface area (Å²) in [5.41, 5.74) is 3.83. The molecular weight excluding hydrogens is 490 g/mol. The molecule has 38 heavy (non-hydrogen) atoms. The number of fused-ring (bicyclic) bond motifs is 7. The van der Waals surface area contributed by atoms with Crippen LogP contribution >= 0.6 is 0 Å². The van der Waals surface area contributed by atoms with Crippen molar-refractivity contribution < 1.29 is 14.1 Å². The molecule has 2 N–H and O–H groups in total. The zero-order chi connectivity index (χ0) is 27.1. The summed E-state index contributed by atoms with van der Waals surface area (Å²) in [5.74, 6) is 2.50. The van der Waals surface area contributed by atoms with E-state index in [1.165, 1.54) is 36.8 Å². The van der Waals surface area contributed by atoms with E-state index in [1.54, 1.807) is 6.26 Å². The minimum absolute atomic E-state index is 0.0612. The van der Waals surface area contributed by atoms with Crippen LogP contribution in [0, 0.1) is 51.2 Å². The summed E-state index contributed by atoms with van der Waals surface area (Å²) in [5, 5.41) is 10.3. The summed E-state index contributed by atoms with van der Waals surface area (Å²) in [6, 6.07) is 8.48. The summed E-state index contributed by atoms with van der Waals surface area (Å²) in [6.07, 6.45) is 15.5. The van der Waals surface area contributed by atoms with Gasteiger partial charge in [-0.1, -0.05) is 52.3 Å². The van der Waals surface area contributed by atoms with Gasteiger partial charge in [-0.25, -0.2) is 4.21 Å². The van der Waals surface area contributed by atoms with Gasteiger partial charge in [0.15, 0.2) is 0 Å². The topological polar surface area (TPSA) is 66.4 Å². The molecule has 9 unspecified atom stereocenters. The number of nitrogens with one attached hydrogen (secondary N) is 1. The first kappa shape index (κ1) is 26.6. The van der Waals surface area contributed by atoms with Gasteiger partial charge in [0.05, 0.1) is 5.41 Å². The number of allylic oxidation sites excluding steroid dienone is 2. The highest BCUT2D eigenvalue weighted by Gasteiger charge is 2.66. The lowest BCUT2D eigenvalue weighted by molar-refractivity contribution is -0.187. The zero-order valence-corrected chi connectivity index (χ0v) is 24.8. The van der Waals surface area contributed by atoms with Crippen molar-refractivity contribution in [2.75, 3.05) is 11.0 Å². The predicted octanol–water partition coefficient (Wildman–Crippen LogP) is 7.94. The molecule has 0 bridgehead atoms. The third kappa shape index (κ3) is 3.65. The number of rotatable bonds is 4. The molecule has 0 amide bonds. The highest BCUT2D eigenvalue weighted by atomic mass is 32.2. The van der Waals surface area contributed by atoms with E-state index in [4.69, 9.17) is 0 Å². The summed E-state index contributed by atoms with van der Waals surface area (Å²) in [7, 11) is -1.08. The SMILES string of the molecule is CS(=O)Nc1cccc(C2=CCC3(C)C(CCC4(C)C5CCC6(C(=O)O)CCCC6C5CCC43)C2(C)C)c1. The maximum absolute atomic E-state index is 12.5. The van der Waals surface area contributed by atoms with E-state index >= 15 is 0 Å². The van der Waals surface area contributed by atoms with Crippen LogP contribution in [0.3, 0.4) is 0 Å². The first-order valence-electron chi connectivity index (χ1n) is 15.1. The molecule has 0 aliphatic heterocycles. The maximum Gasteiger partial charge on any atom is 0.309 e. The van der Waals surface area contributed by atoms with Gasteiger partial charge < -0.3 is 9.83 Å². The molecule has 4 saturated carbocycles. The first-order chi connectivity index (χ1) is 17.9. The number of carboxylic acid groups (broad SMARTS) is 1. The number of anilines is 1. The van der Waals surface area contributed by atoms with Crippen molar-refractivity contribution in [1.29, 1.82) is 0 Å². The number of hydrogen-bond acceptors (Lipinski definition) is 2. The second-order valence-electron chi connectivity index (χ2n) is 14.7. The Bertz CT molecular complexity index is 1190. The lowest BCUT2D eigenvalue weighted by Crippen LogP contribution is -2.61. The average Bonchev–Trinajstić information content (AvgIpc) is 3.29. The van der Waals surface area contributed by atoms with Gasteiger partial charge in [0.2, 0.25) is 0 Å². The molecule has 208 valence electrons.